The van der Waals surface area contributed by atoms with Gasteiger partial charge in [0, 0.05) is 31.0 Å². The summed E-state index contributed by atoms with van der Waals surface area (Å²) in [7, 11) is 0. The highest BCUT2D eigenvalue weighted by atomic mass is 19.4. The first kappa shape index (κ1) is 25.6. The fourth-order valence-electron chi connectivity index (χ4n) is 4.01. The molecule has 0 bridgehead atoms. The van der Waals surface area contributed by atoms with Crippen molar-refractivity contribution in [3.05, 3.63) is 65.0 Å². The third kappa shape index (κ3) is 6.77. The number of carboxylic acid groups (broad SMARTS) is 1. The first-order valence-electron chi connectivity index (χ1n) is 10.8. The largest absolute Gasteiger partial charge is 0.490 e. The lowest BCUT2D eigenvalue weighted by Crippen LogP contribution is -2.67. The molecule has 1 unspecified atom stereocenters. The molecule has 34 heavy (non-hydrogen) atoms. The lowest BCUT2D eigenvalue weighted by Gasteiger charge is -2.53. The number of amides is 1. The van der Waals surface area contributed by atoms with E-state index in [0.29, 0.717) is 26.3 Å². The number of ether oxygens (including phenoxy) is 2. The third-order valence-electron chi connectivity index (χ3n) is 5.62. The van der Waals surface area contributed by atoms with Crippen LogP contribution in [0.2, 0.25) is 0 Å². The molecule has 2 aliphatic rings. The normalized spacial score (nSPS) is 19.1. The number of hydrogen-bond donors (Lipinski definition) is 1. The number of rotatable bonds is 4. The van der Waals surface area contributed by atoms with Gasteiger partial charge >= 0.3 is 12.1 Å². The number of pyridine rings is 1. The summed E-state index contributed by atoms with van der Waals surface area (Å²) < 4.78 is 43.9. The van der Waals surface area contributed by atoms with Crippen molar-refractivity contribution in [1.82, 2.24) is 9.88 Å². The van der Waals surface area contributed by atoms with Gasteiger partial charge in [0.2, 0.25) is 0 Å². The maximum Gasteiger partial charge on any atom is 0.490 e. The van der Waals surface area contributed by atoms with E-state index in [1.807, 2.05) is 55.4 Å². The van der Waals surface area contributed by atoms with Crippen LogP contribution in [-0.2, 0) is 20.9 Å². The molecule has 0 saturated carbocycles. The highest BCUT2D eigenvalue weighted by molar-refractivity contribution is 5.95. The maximum absolute atomic E-state index is 12.7. The molecule has 1 atom stereocenters. The van der Waals surface area contributed by atoms with E-state index in [4.69, 9.17) is 19.4 Å². The van der Waals surface area contributed by atoms with E-state index in [1.54, 1.807) is 0 Å². The molecular formula is C24H27F3N2O5. The van der Waals surface area contributed by atoms with Crippen molar-refractivity contribution in [3.8, 4) is 0 Å². The third-order valence-corrected chi connectivity index (χ3v) is 5.62. The number of hydrogen-bond acceptors (Lipinski definition) is 5. The molecule has 1 spiro atoms. The van der Waals surface area contributed by atoms with Gasteiger partial charge in [0.05, 0.1) is 25.8 Å². The predicted molar refractivity (Wildman–Crippen MR) is 116 cm³/mol. The van der Waals surface area contributed by atoms with Crippen LogP contribution in [0, 0.1) is 13.8 Å². The Morgan fingerprint density at radius 3 is 2.53 bits per heavy atom. The molecule has 4 rings (SSSR count). The monoisotopic (exact) mass is 480 g/mol. The van der Waals surface area contributed by atoms with Crippen LogP contribution in [0.4, 0.5) is 13.2 Å². The SMILES string of the molecule is Cc1cncc(COC2CCOC3(C2)CN(C(=O)c2cccc(C)c2)C3)c1.O=C(O)C(F)(F)F. The highest BCUT2D eigenvalue weighted by Gasteiger charge is 2.49. The molecule has 0 aliphatic carbocycles. The van der Waals surface area contributed by atoms with Crippen LogP contribution in [0.3, 0.4) is 0 Å². The van der Waals surface area contributed by atoms with E-state index in [1.165, 1.54) is 0 Å². The molecule has 1 N–H and O–H groups in total. The van der Waals surface area contributed by atoms with Crippen LogP contribution in [0.25, 0.3) is 0 Å². The fourth-order valence-corrected chi connectivity index (χ4v) is 4.01. The lowest BCUT2D eigenvalue weighted by molar-refractivity contribution is -0.192. The second-order valence-electron chi connectivity index (χ2n) is 8.66. The summed E-state index contributed by atoms with van der Waals surface area (Å²) in [6, 6.07) is 9.86. The summed E-state index contributed by atoms with van der Waals surface area (Å²) in [5, 5.41) is 7.12. The van der Waals surface area contributed by atoms with Gasteiger partial charge in [-0.15, -0.1) is 0 Å². The number of carboxylic acids is 1. The van der Waals surface area contributed by atoms with Crippen LogP contribution in [0.5, 0.6) is 0 Å². The summed E-state index contributed by atoms with van der Waals surface area (Å²) in [4.78, 5) is 27.7. The Kier molecular flexibility index (Phi) is 7.93. The second-order valence-corrected chi connectivity index (χ2v) is 8.66. The predicted octanol–water partition coefficient (Wildman–Crippen LogP) is 3.92. The van der Waals surface area contributed by atoms with Gasteiger partial charge in [0.15, 0.2) is 0 Å². The standard InChI is InChI=1S/C22H26N2O3.C2HF3O2/c1-16-4-3-5-19(9-16)21(25)24-14-22(15-24)10-20(6-7-27-22)26-13-18-8-17(2)11-23-12-18;3-2(4,5)1(6)7/h3-5,8-9,11-12,20H,6-7,10,13-15H2,1-2H3;(H,6,7). The second kappa shape index (κ2) is 10.5. The van der Waals surface area contributed by atoms with E-state index in [9.17, 15) is 18.0 Å². The van der Waals surface area contributed by atoms with E-state index < -0.39 is 12.1 Å². The molecule has 1 aromatic carbocycles. The number of likely N-dealkylation sites (tertiary alicyclic amines) is 1. The van der Waals surface area contributed by atoms with Gasteiger partial charge in [0.25, 0.3) is 5.91 Å². The van der Waals surface area contributed by atoms with Crippen LogP contribution in [-0.4, -0.2) is 64.4 Å². The molecule has 2 saturated heterocycles. The van der Waals surface area contributed by atoms with Gasteiger partial charge in [-0.1, -0.05) is 23.8 Å². The van der Waals surface area contributed by atoms with Crippen LogP contribution in [0.15, 0.2) is 42.7 Å². The van der Waals surface area contributed by atoms with Crippen LogP contribution in [0.1, 0.15) is 39.9 Å². The average Bonchev–Trinajstić information content (AvgIpc) is 2.75. The molecule has 2 fully saturated rings. The molecule has 10 heteroatoms. The first-order valence-corrected chi connectivity index (χ1v) is 10.8. The van der Waals surface area contributed by atoms with Crippen molar-refractivity contribution in [1.29, 1.82) is 0 Å². The number of alkyl halides is 3. The summed E-state index contributed by atoms with van der Waals surface area (Å²) >= 11 is 0. The number of halogens is 3. The molecule has 1 amide bonds. The zero-order chi connectivity index (χ0) is 24.9. The highest BCUT2D eigenvalue weighted by Crippen LogP contribution is 2.36. The Morgan fingerprint density at radius 1 is 1.21 bits per heavy atom. The van der Waals surface area contributed by atoms with Crippen molar-refractivity contribution in [2.24, 2.45) is 0 Å². The van der Waals surface area contributed by atoms with Crippen molar-refractivity contribution in [2.45, 2.75) is 51.2 Å². The average molecular weight is 480 g/mol. The van der Waals surface area contributed by atoms with Gasteiger partial charge in [-0.3, -0.25) is 9.78 Å². The van der Waals surface area contributed by atoms with Crippen molar-refractivity contribution < 1.29 is 37.3 Å². The number of carbonyl (C=O) groups excluding carboxylic acids is 1. The zero-order valence-corrected chi connectivity index (χ0v) is 19.0. The van der Waals surface area contributed by atoms with E-state index in [2.05, 4.69) is 11.1 Å². The molecular weight excluding hydrogens is 453 g/mol. The van der Waals surface area contributed by atoms with Crippen molar-refractivity contribution >= 4 is 11.9 Å². The van der Waals surface area contributed by atoms with E-state index in [0.717, 1.165) is 35.1 Å². The minimum Gasteiger partial charge on any atom is -0.475 e. The number of aryl methyl sites for hydroxylation is 2. The topological polar surface area (TPSA) is 89.0 Å². The van der Waals surface area contributed by atoms with Crippen molar-refractivity contribution in [3.63, 3.8) is 0 Å². The summed E-state index contributed by atoms with van der Waals surface area (Å²) in [5.74, 6) is -2.67. The smallest absolute Gasteiger partial charge is 0.475 e. The van der Waals surface area contributed by atoms with Gasteiger partial charge in [-0.2, -0.15) is 13.2 Å². The number of benzene rings is 1. The Bertz CT molecular complexity index is 1020. The molecule has 1 aromatic heterocycles. The number of aliphatic carboxylic acids is 1. The Hall–Kier alpha value is -2.98. The summed E-state index contributed by atoms with van der Waals surface area (Å²) in [6.45, 7) is 6.58. The Balaban J connectivity index is 0.000000406. The quantitative estimate of drug-likeness (QED) is 0.714. The fraction of sp³-hybridized carbons (Fsp3) is 0.458. The van der Waals surface area contributed by atoms with Gasteiger partial charge < -0.3 is 19.5 Å². The van der Waals surface area contributed by atoms with Gasteiger partial charge in [-0.25, -0.2) is 4.79 Å². The molecule has 2 aromatic rings. The number of carbonyl (C=O) groups is 2. The molecule has 7 nitrogen and oxygen atoms in total. The van der Waals surface area contributed by atoms with E-state index >= 15 is 0 Å². The molecule has 2 aliphatic heterocycles. The van der Waals surface area contributed by atoms with Gasteiger partial charge in [0.1, 0.15) is 5.60 Å². The minimum atomic E-state index is -5.08. The number of aromatic nitrogens is 1. The number of nitrogens with zero attached hydrogens (tertiary/aromatic N) is 2. The zero-order valence-electron chi connectivity index (χ0n) is 19.0. The minimum absolute atomic E-state index is 0.0850. The van der Waals surface area contributed by atoms with E-state index in [-0.39, 0.29) is 17.6 Å². The first-order chi connectivity index (χ1) is 16.0. The molecule has 0 radical (unpaired) electrons. The van der Waals surface area contributed by atoms with Crippen LogP contribution >= 0.6 is 0 Å². The van der Waals surface area contributed by atoms with Crippen LogP contribution < -0.4 is 0 Å². The summed E-state index contributed by atoms with van der Waals surface area (Å²) in [5.41, 5.74) is 3.85. The Labute approximate surface area is 195 Å². The Morgan fingerprint density at radius 2 is 1.91 bits per heavy atom. The lowest BCUT2D eigenvalue weighted by atomic mass is 9.84. The van der Waals surface area contributed by atoms with Crippen molar-refractivity contribution in [2.75, 3.05) is 19.7 Å². The maximum atomic E-state index is 12.7. The molecule has 184 valence electrons. The molecule has 3 heterocycles. The summed E-state index contributed by atoms with van der Waals surface area (Å²) in [6.07, 6.45) is 0.515. The van der Waals surface area contributed by atoms with Gasteiger partial charge in [-0.05, 0) is 43.5 Å².